The second-order valence-corrected chi connectivity index (χ2v) is 12.8. The molecule has 40 heavy (non-hydrogen) atoms. The van der Waals surface area contributed by atoms with Crippen molar-refractivity contribution in [2.45, 2.75) is 24.8 Å². The summed E-state index contributed by atoms with van der Waals surface area (Å²) in [6.45, 7) is 3.85. The van der Waals surface area contributed by atoms with Crippen molar-refractivity contribution in [1.29, 1.82) is 0 Å². The zero-order valence-corrected chi connectivity index (χ0v) is 25.4. The highest BCUT2D eigenvalue weighted by molar-refractivity contribution is 7.89. The number of halogens is 1. The van der Waals surface area contributed by atoms with Crippen LogP contribution in [0, 0.1) is 6.92 Å². The molecule has 0 atom stereocenters. The number of likely N-dealkylation sites (N-methyl/N-ethyl adjacent to an activating group) is 1. The third-order valence-electron chi connectivity index (χ3n) is 6.99. The van der Waals surface area contributed by atoms with Gasteiger partial charge in [-0.25, -0.2) is 13.4 Å². The van der Waals surface area contributed by atoms with E-state index in [1.807, 2.05) is 62.3 Å². The van der Waals surface area contributed by atoms with Crippen molar-refractivity contribution in [2.75, 3.05) is 45.7 Å². The zero-order chi connectivity index (χ0) is 27.7. The number of nitrogens with zero attached hydrogens (tertiary/aromatic N) is 4. The van der Waals surface area contributed by atoms with Gasteiger partial charge in [0.2, 0.25) is 10.0 Å². The molecule has 0 saturated carbocycles. The van der Waals surface area contributed by atoms with Gasteiger partial charge in [0.05, 0.1) is 16.7 Å². The number of carbonyl (C=O) groups is 1. The van der Waals surface area contributed by atoms with Gasteiger partial charge in [-0.15, -0.1) is 12.4 Å². The third-order valence-corrected chi connectivity index (χ3v) is 10.1. The van der Waals surface area contributed by atoms with Crippen molar-refractivity contribution < 1.29 is 17.9 Å². The Morgan fingerprint density at radius 3 is 2.40 bits per heavy atom. The summed E-state index contributed by atoms with van der Waals surface area (Å²) in [6.07, 6.45) is 0.680. The van der Waals surface area contributed by atoms with Crippen LogP contribution in [-0.4, -0.2) is 69.4 Å². The Kier molecular flexibility index (Phi) is 9.16. The van der Waals surface area contributed by atoms with Gasteiger partial charge < -0.3 is 9.64 Å². The highest BCUT2D eigenvalue weighted by Gasteiger charge is 2.29. The summed E-state index contributed by atoms with van der Waals surface area (Å²) >= 11 is 1.45. The lowest BCUT2D eigenvalue weighted by Gasteiger charge is -2.28. The highest BCUT2D eigenvalue weighted by atomic mass is 35.5. The molecule has 1 aliphatic rings. The van der Waals surface area contributed by atoms with Crippen LogP contribution in [-0.2, 0) is 23.0 Å². The number of methoxy groups -OCH3 is 1. The van der Waals surface area contributed by atoms with Crippen LogP contribution in [0.15, 0.2) is 65.6 Å². The van der Waals surface area contributed by atoms with Gasteiger partial charge in [0.15, 0.2) is 5.13 Å². The Bertz CT molecular complexity index is 1620. The van der Waals surface area contributed by atoms with Crippen LogP contribution in [0.3, 0.4) is 0 Å². The van der Waals surface area contributed by atoms with E-state index in [9.17, 15) is 13.2 Å². The molecule has 0 radical (unpaired) electrons. The van der Waals surface area contributed by atoms with Crippen LogP contribution in [0.4, 0.5) is 5.13 Å². The molecule has 212 valence electrons. The Morgan fingerprint density at radius 2 is 1.73 bits per heavy atom. The number of benzene rings is 3. The number of rotatable bonds is 8. The van der Waals surface area contributed by atoms with Gasteiger partial charge in [-0.05, 0) is 74.5 Å². The van der Waals surface area contributed by atoms with E-state index in [1.165, 1.54) is 33.3 Å². The lowest BCUT2D eigenvalue weighted by molar-refractivity contribution is 0.0985. The maximum absolute atomic E-state index is 13.8. The first-order valence-corrected chi connectivity index (χ1v) is 15.0. The van der Waals surface area contributed by atoms with E-state index >= 15 is 0 Å². The molecule has 0 aliphatic carbocycles. The molecule has 5 rings (SSSR count). The van der Waals surface area contributed by atoms with Crippen LogP contribution >= 0.6 is 23.7 Å². The number of amides is 1. The molecule has 0 bridgehead atoms. The molecule has 8 nitrogen and oxygen atoms in total. The summed E-state index contributed by atoms with van der Waals surface area (Å²) < 4.78 is 34.8. The van der Waals surface area contributed by atoms with Gasteiger partial charge in [-0.2, -0.15) is 4.31 Å². The molecule has 2 heterocycles. The molecule has 3 aromatic carbocycles. The average molecular weight is 601 g/mol. The Labute approximate surface area is 245 Å². The van der Waals surface area contributed by atoms with Crippen LogP contribution in [0.25, 0.3) is 10.2 Å². The molecular weight excluding hydrogens is 568 g/mol. The third kappa shape index (κ3) is 5.87. The second-order valence-electron chi connectivity index (χ2n) is 9.90. The number of aromatic nitrogens is 1. The first-order chi connectivity index (χ1) is 18.7. The summed E-state index contributed by atoms with van der Waals surface area (Å²) in [5.74, 6) is 0.427. The first kappa shape index (κ1) is 30.0. The molecule has 11 heteroatoms. The minimum atomic E-state index is -3.69. The number of hydrogen-bond donors (Lipinski definition) is 0. The second kappa shape index (κ2) is 12.2. The normalized spacial score (nSPS) is 13.6. The van der Waals surface area contributed by atoms with Gasteiger partial charge in [0, 0.05) is 31.7 Å². The fraction of sp³-hybridized carbons (Fsp3) is 0.310. The monoisotopic (exact) mass is 600 g/mol. The molecular formula is C29H33ClN4O4S2. The maximum atomic E-state index is 13.8. The highest BCUT2D eigenvalue weighted by Crippen LogP contribution is 2.37. The van der Waals surface area contributed by atoms with E-state index in [2.05, 4.69) is 0 Å². The predicted molar refractivity (Wildman–Crippen MR) is 163 cm³/mol. The SMILES string of the molecule is COc1ccc(C)c2sc(N(CCN(C)C)C(=O)c3ccc(S(=O)(=O)N4CCc5ccccc5C4)cc3)nc12.Cl. The number of aryl methyl sites for hydroxylation is 1. The van der Waals surface area contributed by atoms with Crippen molar-refractivity contribution in [1.82, 2.24) is 14.2 Å². The predicted octanol–water partition coefficient (Wildman–Crippen LogP) is 4.99. The Morgan fingerprint density at radius 1 is 1.02 bits per heavy atom. The smallest absolute Gasteiger partial charge is 0.260 e. The molecule has 1 amide bonds. The lowest BCUT2D eigenvalue weighted by atomic mass is 10.0. The van der Waals surface area contributed by atoms with E-state index in [0.29, 0.717) is 49.0 Å². The van der Waals surface area contributed by atoms with Crippen molar-refractivity contribution in [2.24, 2.45) is 0 Å². The number of carbonyl (C=O) groups excluding carboxylic acids is 1. The standard InChI is InChI=1S/C29H32N4O4S2.ClH/c1-20-9-14-25(37-4)26-27(20)38-29(30-26)33(18-17-31(2)3)28(34)22-10-12-24(13-11-22)39(35,36)32-16-15-21-7-5-6-8-23(21)19-32;/h5-14H,15-19H2,1-4H3;1H. The Hall–Kier alpha value is -3.02. The van der Waals surface area contributed by atoms with Gasteiger partial charge in [0.25, 0.3) is 5.91 Å². The van der Waals surface area contributed by atoms with Gasteiger partial charge in [-0.1, -0.05) is 41.7 Å². The molecule has 1 aromatic heterocycles. The number of fused-ring (bicyclic) bond motifs is 2. The summed E-state index contributed by atoms with van der Waals surface area (Å²) in [6, 6.07) is 18.0. The number of thiazole rings is 1. The van der Waals surface area contributed by atoms with E-state index < -0.39 is 10.0 Å². The molecule has 1 aliphatic heterocycles. The topological polar surface area (TPSA) is 83.0 Å². The van der Waals surface area contributed by atoms with Gasteiger partial charge in [0.1, 0.15) is 11.3 Å². The fourth-order valence-corrected chi connectivity index (χ4v) is 7.21. The molecule has 4 aromatic rings. The number of hydrogen-bond acceptors (Lipinski definition) is 7. The van der Waals surface area contributed by atoms with E-state index in [-0.39, 0.29) is 23.2 Å². The quantitative estimate of drug-likeness (QED) is 0.283. The molecule has 0 unspecified atom stereocenters. The summed E-state index contributed by atoms with van der Waals surface area (Å²) in [4.78, 5) is 22.4. The number of ether oxygens (including phenoxy) is 1. The first-order valence-electron chi connectivity index (χ1n) is 12.8. The Balaban J connectivity index is 0.00000370. The van der Waals surface area contributed by atoms with Gasteiger partial charge in [-0.3, -0.25) is 9.69 Å². The largest absolute Gasteiger partial charge is 0.494 e. The van der Waals surface area contributed by atoms with Crippen LogP contribution < -0.4 is 9.64 Å². The number of sulfonamides is 1. The average Bonchev–Trinajstić information content (AvgIpc) is 3.39. The van der Waals surface area contributed by atoms with Crippen molar-refractivity contribution in [3.8, 4) is 5.75 Å². The molecule has 0 spiro atoms. The van der Waals surface area contributed by atoms with Gasteiger partial charge >= 0.3 is 0 Å². The number of anilines is 1. The van der Waals surface area contributed by atoms with E-state index in [1.54, 1.807) is 24.1 Å². The fourth-order valence-electron chi connectivity index (χ4n) is 4.71. The zero-order valence-electron chi connectivity index (χ0n) is 23.0. The molecule has 0 saturated heterocycles. The van der Waals surface area contributed by atoms with Crippen molar-refractivity contribution in [3.05, 3.63) is 82.9 Å². The van der Waals surface area contributed by atoms with Crippen molar-refractivity contribution >= 4 is 55.0 Å². The molecule has 0 N–H and O–H groups in total. The summed E-state index contributed by atoms with van der Waals surface area (Å²) in [5.41, 5.74) is 4.40. The lowest BCUT2D eigenvalue weighted by Crippen LogP contribution is -2.37. The maximum Gasteiger partial charge on any atom is 0.260 e. The van der Waals surface area contributed by atoms with Crippen LogP contribution in [0.1, 0.15) is 27.0 Å². The minimum Gasteiger partial charge on any atom is -0.494 e. The van der Waals surface area contributed by atoms with E-state index in [4.69, 9.17) is 9.72 Å². The van der Waals surface area contributed by atoms with Crippen molar-refractivity contribution in [3.63, 3.8) is 0 Å². The van der Waals surface area contributed by atoms with Crippen LogP contribution in [0.5, 0.6) is 5.75 Å². The summed E-state index contributed by atoms with van der Waals surface area (Å²) in [5, 5.41) is 0.577. The van der Waals surface area contributed by atoms with E-state index in [0.717, 1.165) is 21.3 Å². The molecule has 0 fully saturated rings. The summed E-state index contributed by atoms with van der Waals surface area (Å²) in [7, 11) is 1.82. The minimum absolute atomic E-state index is 0. The van der Waals surface area contributed by atoms with Crippen LogP contribution in [0.2, 0.25) is 0 Å².